The van der Waals surface area contributed by atoms with Crippen molar-refractivity contribution >= 4 is 17.5 Å². The molecule has 1 aliphatic heterocycles. The standard InChI is InChI=1S/C11H13ClN2O2/c12-7-1-9(13-4-7)10(16)14-5-11(6-14)2-8(15)3-11/h1,4,8,13,15H,2-3,5-6H2. The molecule has 4 nitrogen and oxygen atoms in total. The maximum absolute atomic E-state index is 11.9. The van der Waals surface area contributed by atoms with Crippen molar-refractivity contribution < 1.29 is 9.90 Å². The van der Waals surface area contributed by atoms with Gasteiger partial charge in [0.05, 0.1) is 11.1 Å². The lowest BCUT2D eigenvalue weighted by Gasteiger charge is -2.57. The molecule has 0 atom stereocenters. The minimum atomic E-state index is -0.155. The molecule has 86 valence electrons. The van der Waals surface area contributed by atoms with E-state index >= 15 is 0 Å². The first-order valence-corrected chi connectivity index (χ1v) is 5.77. The summed E-state index contributed by atoms with van der Waals surface area (Å²) in [5.74, 6) is -0.00100. The van der Waals surface area contributed by atoms with Crippen LogP contribution in [0.4, 0.5) is 0 Å². The molecule has 16 heavy (non-hydrogen) atoms. The summed E-state index contributed by atoms with van der Waals surface area (Å²) in [6, 6.07) is 1.64. The predicted molar refractivity (Wildman–Crippen MR) is 59.4 cm³/mol. The number of carbonyl (C=O) groups is 1. The minimum Gasteiger partial charge on any atom is -0.393 e. The molecule has 2 fully saturated rings. The summed E-state index contributed by atoms with van der Waals surface area (Å²) in [7, 11) is 0. The van der Waals surface area contributed by atoms with Crippen molar-refractivity contribution in [2.24, 2.45) is 5.41 Å². The number of likely N-dealkylation sites (tertiary alicyclic amines) is 1. The van der Waals surface area contributed by atoms with Crippen molar-refractivity contribution in [3.05, 3.63) is 23.0 Å². The average Bonchev–Trinajstić information content (AvgIpc) is 2.55. The number of aliphatic hydroxyl groups excluding tert-OH is 1. The van der Waals surface area contributed by atoms with Crippen LogP contribution < -0.4 is 0 Å². The van der Waals surface area contributed by atoms with Crippen molar-refractivity contribution in [3.63, 3.8) is 0 Å². The summed E-state index contributed by atoms with van der Waals surface area (Å²) in [4.78, 5) is 16.6. The molecule has 0 bridgehead atoms. The van der Waals surface area contributed by atoms with Gasteiger partial charge >= 0.3 is 0 Å². The summed E-state index contributed by atoms with van der Waals surface area (Å²) in [5, 5.41) is 9.82. The highest BCUT2D eigenvalue weighted by molar-refractivity contribution is 6.30. The normalized spacial score (nSPS) is 23.0. The van der Waals surface area contributed by atoms with E-state index in [0.29, 0.717) is 10.7 Å². The van der Waals surface area contributed by atoms with Crippen LogP contribution in [0.5, 0.6) is 0 Å². The van der Waals surface area contributed by atoms with Crippen LogP contribution in [0.1, 0.15) is 23.3 Å². The number of H-pyrrole nitrogens is 1. The summed E-state index contributed by atoms with van der Waals surface area (Å²) >= 11 is 5.75. The van der Waals surface area contributed by atoms with E-state index in [1.165, 1.54) is 0 Å². The summed E-state index contributed by atoms with van der Waals surface area (Å²) in [6.45, 7) is 1.53. The zero-order chi connectivity index (χ0) is 11.3. The van der Waals surface area contributed by atoms with Crippen molar-refractivity contribution in [1.82, 2.24) is 9.88 Å². The second-order valence-electron chi connectivity index (χ2n) is 4.95. The number of rotatable bonds is 1. The van der Waals surface area contributed by atoms with Crippen LogP contribution in [0, 0.1) is 5.41 Å². The van der Waals surface area contributed by atoms with Crippen molar-refractivity contribution in [3.8, 4) is 0 Å². The molecular weight excluding hydrogens is 228 g/mol. The summed E-state index contributed by atoms with van der Waals surface area (Å²) in [5.41, 5.74) is 0.755. The third-order valence-electron chi connectivity index (χ3n) is 3.56. The van der Waals surface area contributed by atoms with Crippen LogP contribution in [0.15, 0.2) is 12.3 Å². The number of aromatic amines is 1. The Hall–Kier alpha value is -1.00. The topological polar surface area (TPSA) is 56.3 Å². The fraction of sp³-hybridized carbons (Fsp3) is 0.545. The Balaban J connectivity index is 1.63. The molecule has 2 heterocycles. The Bertz CT molecular complexity index is 429. The first-order chi connectivity index (χ1) is 7.58. The Labute approximate surface area is 98.2 Å². The van der Waals surface area contributed by atoms with Gasteiger partial charge in [-0.3, -0.25) is 4.79 Å². The molecule has 1 aromatic heterocycles. The Kier molecular flexibility index (Phi) is 2.06. The number of aromatic nitrogens is 1. The van der Waals surface area contributed by atoms with Crippen LogP contribution in [-0.4, -0.2) is 40.1 Å². The van der Waals surface area contributed by atoms with E-state index in [-0.39, 0.29) is 17.4 Å². The highest BCUT2D eigenvalue weighted by Gasteiger charge is 2.53. The molecule has 2 N–H and O–H groups in total. The van der Waals surface area contributed by atoms with Gasteiger partial charge in [0.2, 0.25) is 0 Å². The van der Waals surface area contributed by atoms with E-state index in [2.05, 4.69) is 4.98 Å². The van der Waals surface area contributed by atoms with Gasteiger partial charge in [-0.25, -0.2) is 0 Å². The van der Waals surface area contributed by atoms with E-state index in [1.54, 1.807) is 17.2 Å². The summed E-state index contributed by atoms with van der Waals surface area (Å²) < 4.78 is 0. The van der Waals surface area contributed by atoms with Gasteiger partial charge in [-0.15, -0.1) is 0 Å². The lowest BCUT2D eigenvalue weighted by molar-refractivity contribution is -0.113. The maximum atomic E-state index is 11.9. The minimum absolute atomic E-state index is 0.00100. The highest BCUT2D eigenvalue weighted by atomic mass is 35.5. The van der Waals surface area contributed by atoms with Gasteiger partial charge in [-0.2, -0.15) is 0 Å². The van der Waals surface area contributed by atoms with E-state index in [9.17, 15) is 9.90 Å². The van der Waals surface area contributed by atoms with E-state index in [1.807, 2.05) is 0 Å². The maximum Gasteiger partial charge on any atom is 0.270 e. The molecule has 1 aromatic rings. The van der Waals surface area contributed by atoms with Crippen molar-refractivity contribution in [2.45, 2.75) is 18.9 Å². The van der Waals surface area contributed by atoms with E-state index in [4.69, 9.17) is 11.6 Å². The van der Waals surface area contributed by atoms with E-state index in [0.717, 1.165) is 25.9 Å². The lowest BCUT2D eigenvalue weighted by atomic mass is 9.62. The number of hydrogen-bond acceptors (Lipinski definition) is 2. The van der Waals surface area contributed by atoms with Crippen LogP contribution >= 0.6 is 11.6 Å². The number of amides is 1. The second-order valence-corrected chi connectivity index (χ2v) is 5.39. The molecule has 1 saturated heterocycles. The molecule has 1 amide bonds. The first kappa shape index (κ1) is 10.2. The monoisotopic (exact) mass is 240 g/mol. The van der Waals surface area contributed by atoms with Crippen molar-refractivity contribution in [2.75, 3.05) is 13.1 Å². The van der Waals surface area contributed by atoms with Gasteiger partial charge in [-0.05, 0) is 18.9 Å². The third kappa shape index (κ3) is 1.44. The van der Waals surface area contributed by atoms with Crippen molar-refractivity contribution in [1.29, 1.82) is 0 Å². The van der Waals surface area contributed by atoms with Crippen LogP contribution in [0.2, 0.25) is 5.02 Å². The van der Waals surface area contributed by atoms with Gasteiger partial charge in [-0.1, -0.05) is 11.6 Å². The number of nitrogens with zero attached hydrogens (tertiary/aromatic N) is 1. The molecule has 0 aromatic carbocycles. The second kappa shape index (κ2) is 3.25. The number of halogens is 1. The SMILES string of the molecule is O=C(c1cc(Cl)c[nH]1)N1CC2(CC(O)C2)C1. The average molecular weight is 241 g/mol. The van der Waals surface area contributed by atoms with Crippen LogP contribution in [0.25, 0.3) is 0 Å². The third-order valence-corrected chi connectivity index (χ3v) is 3.77. The summed E-state index contributed by atoms with van der Waals surface area (Å²) in [6.07, 6.45) is 3.12. The van der Waals surface area contributed by atoms with Gasteiger partial charge in [0.25, 0.3) is 5.91 Å². The number of aliphatic hydroxyl groups is 1. The molecule has 1 spiro atoms. The predicted octanol–water partition coefficient (Wildman–Crippen LogP) is 1.26. The molecule has 0 radical (unpaired) electrons. The Morgan fingerprint density at radius 3 is 2.75 bits per heavy atom. The molecule has 0 unspecified atom stereocenters. The molecule has 1 saturated carbocycles. The molecule has 5 heteroatoms. The van der Waals surface area contributed by atoms with Gasteiger partial charge < -0.3 is 15.0 Å². The Morgan fingerprint density at radius 1 is 1.56 bits per heavy atom. The smallest absolute Gasteiger partial charge is 0.270 e. The highest BCUT2D eigenvalue weighted by Crippen LogP contribution is 2.48. The quantitative estimate of drug-likeness (QED) is 0.777. The zero-order valence-electron chi connectivity index (χ0n) is 8.74. The van der Waals surface area contributed by atoms with Crippen LogP contribution in [-0.2, 0) is 0 Å². The molecule has 2 aliphatic rings. The Morgan fingerprint density at radius 2 is 2.25 bits per heavy atom. The van der Waals surface area contributed by atoms with Gasteiger partial charge in [0.15, 0.2) is 0 Å². The van der Waals surface area contributed by atoms with E-state index < -0.39 is 0 Å². The number of nitrogens with one attached hydrogen (secondary N) is 1. The van der Waals surface area contributed by atoms with Crippen LogP contribution in [0.3, 0.4) is 0 Å². The van der Waals surface area contributed by atoms with Gasteiger partial charge in [0.1, 0.15) is 5.69 Å². The molecular formula is C11H13ClN2O2. The fourth-order valence-corrected chi connectivity index (χ4v) is 2.93. The molecule has 3 rings (SSSR count). The number of hydrogen-bond donors (Lipinski definition) is 2. The first-order valence-electron chi connectivity index (χ1n) is 5.39. The van der Waals surface area contributed by atoms with Gasteiger partial charge in [0, 0.05) is 24.7 Å². The zero-order valence-corrected chi connectivity index (χ0v) is 9.50. The lowest BCUT2D eigenvalue weighted by Crippen LogP contribution is -2.65. The fourth-order valence-electron chi connectivity index (χ4n) is 2.77. The number of carbonyl (C=O) groups excluding carboxylic acids is 1. The largest absolute Gasteiger partial charge is 0.393 e. The molecule has 1 aliphatic carbocycles.